The molecule has 0 fully saturated rings. The Labute approximate surface area is 118 Å². The van der Waals surface area contributed by atoms with Crippen molar-refractivity contribution in [3.05, 3.63) is 23.3 Å². The molecule has 130 valence electrons. The third kappa shape index (κ3) is 3.14. The summed E-state index contributed by atoms with van der Waals surface area (Å²) in [7, 11) is 0. The zero-order chi connectivity index (χ0) is 18.4. The summed E-state index contributed by atoms with van der Waals surface area (Å²) in [5.41, 5.74) is -4.81. The molecule has 0 saturated heterocycles. The molecule has 0 amide bonds. The van der Waals surface area contributed by atoms with Gasteiger partial charge in [-0.3, -0.25) is 0 Å². The largest absolute Gasteiger partial charge is 0.478 e. The van der Waals surface area contributed by atoms with Crippen molar-refractivity contribution in [3.8, 4) is 0 Å². The molecule has 0 spiro atoms. The molecular formula is C9H2F10N2O2. The molecule has 0 unspecified atom stereocenters. The van der Waals surface area contributed by atoms with Gasteiger partial charge >= 0.3 is 30.2 Å². The molecule has 1 heterocycles. The normalized spacial score (nSPS) is 14.0. The molecule has 1 N–H and O–H groups in total. The average molecular weight is 360 g/mol. The standard InChI is InChI=1S/C9H2F10N2O2/c10-6(11,8(14,15)16)3-2(4(22)23)1-20-5(21-3)7(12,13)9(17,18)19/h1H,(H,22,23). The van der Waals surface area contributed by atoms with Crippen molar-refractivity contribution >= 4 is 5.97 Å². The predicted octanol–water partition coefficient (Wildman–Crippen LogP) is 3.48. The van der Waals surface area contributed by atoms with Crippen molar-refractivity contribution in [3.63, 3.8) is 0 Å². The van der Waals surface area contributed by atoms with Crippen molar-refractivity contribution in [1.29, 1.82) is 0 Å². The Morgan fingerprint density at radius 2 is 1.30 bits per heavy atom. The molecule has 4 nitrogen and oxygen atoms in total. The number of aromatic carboxylic acids is 1. The highest BCUT2D eigenvalue weighted by molar-refractivity contribution is 5.88. The Hall–Kier alpha value is -2.15. The number of aromatic nitrogens is 2. The average Bonchev–Trinajstić information content (AvgIpc) is 2.35. The maximum atomic E-state index is 13.1. The highest BCUT2D eigenvalue weighted by Gasteiger charge is 2.64. The first-order valence-corrected chi connectivity index (χ1v) is 5.04. The van der Waals surface area contributed by atoms with Crippen LogP contribution in [0.2, 0.25) is 0 Å². The van der Waals surface area contributed by atoms with Gasteiger partial charge in [0.2, 0.25) is 5.82 Å². The molecule has 1 aromatic rings. The van der Waals surface area contributed by atoms with Gasteiger partial charge in [0.15, 0.2) is 0 Å². The smallest absolute Gasteiger partial charge is 0.461 e. The van der Waals surface area contributed by atoms with E-state index in [1.165, 1.54) is 0 Å². The van der Waals surface area contributed by atoms with Crippen molar-refractivity contribution in [2.75, 3.05) is 0 Å². The minimum Gasteiger partial charge on any atom is -0.478 e. The van der Waals surface area contributed by atoms with Crippen LogP contribution in [0.3, 0.4) is 0 Å². The fourth-order valence-electron chi connectivity index (χ4n) is 1.19. The van der Waals surface area contributed by atoms with Crippen LogP contribution in [0.5, 0.6) is 0 Å². The van der Waals surface area contributed by atoms with Crippen LogP contribution in [0, 0.1) is 0 Å². The lowest BCUT2D eigenvalue weighted by molar-refractivity contribution is -0.296. The zero-order valence-corrected chi connectivity index (χ0v) is 10.1. The van der Waals surface area contributed by atoms with Crippen molar-refractivity contribution in [2.45, 2.75) is 24.2 Å². The van der Waals surface area contributed by atoms with Crippen LogP contribution in [0.25, 0.3) is 0 Å². The maximum Gasteiger partial charge on any atom is 0.461 e. The maximum absolute atomic E-state index is 13.1. The Balaban J connectivity index is 3.69. The van der Waals surface area contributed by atoms with Gasteiger partial charge in [-0.1, -0.05) is 0 Å². The quantitative estimate of drug-likeness (QED) is 0.839. The van der Waals surface area contributed by atoms with Crippen molar-refractivity contribution in [1.82, 2.24) is 9.97 Å². The third-order valence-electron chi connectivity index (χ3n) is 2.31. The second-order valence-corrected chi connectivity index (χ2v) is 3.91. The monoisotopic (exact) mass is 360 g/mol. The van der Waals surface area contributed by atoms with E-state index in [0.29, 0.717) is 0 Å². The topological polar surface area (TPSA) is 63.1 Å². The number of rotatable bonds is 3. The number of carboxylic acids is 1. The second-order valence-electron chi connectivity index (χ2n) is 3.91. The lowest BCUT2D eigenvalue weighted by atomic mass is 10.1. The minimum absolute atomic E-state index is 0.487. The molecule has 23 heavy (non-hydrogen) atoms. The summed E-state index contributed by atoms with van der Waals surface area (Å²) < 4.78 is 125. The van der Waals surface area contributed by atoms with Crippen LogP contribution in [0.1, 0.15) is 21.9 Å². The van der Waals surface area contributed by atoms with Gasteiger partial charge in [-0.2, -0.15) is 43.9 Å². The second kappa shape index (κ2) is 5.19. The van der Waals surface area contributed by atoms with E-state index in [-0.39, 0.29) is 0 Å². The van der Waals surface area contributed by atoms with E-state index >= 15 is 0 Å². The predicted molar refractivity (Wildman–Crippen MR) is 48.9 cm³/mol. The summed E-state index contributed by atoms with van der Waals surface area (Å²) in [5, 5.41) is 8.46. The third-order valence-corrected chi connectivity index (χ3v) is 2.31. The van der Waals surface area contributed by atoms with Crippen molar-refractivity contribution in [2.24, 2.45) is 0 Å². The van der Waals surface area contributed by atoms with E-state index in [1.54, 1.807) is 0 Å². The van der Waals surface area contributed by atoms with Gasteiger partial charge in [-0.05, 0) is 0 Å². The van der Waals surface area contributed by atoms with Crippen LogP contribution in [-0.2, 0) is 11.8 Å². The van der Waals surface area contributed by atoms with Gasteiger partial charge in [0, 0.05) is 6.20 Å². The first kappa shape index (κ1) is 18.9. The fourth-order valence-corrected chi connectivity index (χ4v) is 1.19. The van der Waals surface area contributed by atoms with Crippen LogP contribution in [0.4, 0.5) is 43.9 Å². The molecule has 0 aliphatic rings. The molecule has 1 rings (SSSR count). The Kier molecular flexibility index (Phi) is 4.27. The van der Waals surface area contributed by atoms with E-state index in [1.807, 2.05) is 4.98 Å². The van der Waals surface area contributed by atoms with E-state index in [9.17, 15) is 48.7 Å². The van der Waals surface area contributed by atoms with E-state index in [4.69, 9.17) is 5.11 Å². The molecular weight excluding hydrogens is 358 g/mol. The molecule has 0 bridgehead atoms. The highest BCUT2D eigenvalue weighted by atomic mass is 19.4. The number of alkyl halides is 10. The Morgan fingerprint density at radius 3 is 1.65 bits per heavy atom. The Bertz CT molecular complexity index is 622. The van der Waals surface area contributed by atoms with Crippen LogP contribution in [-0.4, -0.2) is 33.4 Å². The SMILES string of the molecule is O=C(O)c1cnc(C(F)(F)C(F)(F)F)nc1C(F)(F)C(F)(F)F. The lowest BCUT2D eigenvalue weighted by Crippen LogP contribution is -2.40. The van der Waals surface area contributed by atoms with Gasteiger partial charge in [0.25, 0.3) is 0 Å². The molecule has 0 aliphatic heterocycles. The van der Waals surface area contributed by atoms with E-state index in [0.717, 1.165) is 0 Å². The van der Waals surface area contributed by atoms with Crippen LogP contribution < -0.4 is 0 Å². The lowest BCUT2D eigenvalue weighted by Gasteiger charge is -2.23. The van der Waals surface area contributed by atoms with Gasteiger partial charge < -0.3 is 5.11 Å². The fraction of sp³-hybridized carbons (Fsp3) is 0.444. The molecule has 0 aromatic carbocycles. The number of carboxylic acid groups (broad SMARTS) is 1. The molecule has 14 heteroatoms. The van der Waals surface area contributed by atoms with E-state index < -0.39 is 53.4 Å². The molecule has 0 aliphatic carbocycles. The summed E-state index contributed by atoms with van der Waals surface area (Å²) >= 11 is 0. The van der Waals surface area contributed by atoms with E-state index in [2.05, 4.69) is 4.98 Å². The van der Waals surface area contributed by atoms with Crippen molar-refractivity contribution < 1.29 is 53.8 Å². The summed E-state index contributed by atoms with van der Waals surface area (Å²) in [6.07, 6.45) is -13.4. The number of hydrogen-bond donors (Lipinski definition) is 1. The highest BCUT2D eigenvalue weighted by Crippen LogP contribution is 2.46. The zero-order valence-electron chi connectivity index (χ0n) is 10.1. The number of hydrogen-bond acceptors (Lipinski definition) is 3. The molecule has 0 saturated carbocycles. The Morgan fingerprint density at radius 1 is 0.870 bits per heavy atom. The van der Waals surface area contributed by atoms with Gasteiger partial charge in [-0.15, -0.1) is 0 Å². The summed E-state index contributed by atoms with van der Waals surface area (Å²) in [4.78, 5) is 14.6. The van der Waals surface area contributed by atoms with Crippen LogP contribution in [0.15, 0.2) is 6.20 Å². The summed E-state index contributed by atoms with van der Waals surface area (Å²) in [5.74, 6) is -17.3. The minimum atomic E-state index is -6.49. The first-order chi connectivity index (χ1) is 10.0. The number of nitrogens with zero attached hydrogens (tertiary/aromatic N) is 2. The van der Waals surface area contributed by atoms with Gasteiger partial charge in [0.1, 0.15) is 11.3 Å². The summed E-state index contributed by atoms with van der Waals surface area (Å²) in [6, 6.07) is 0. The number of carbonyl (C=O) groups is 1. The van der Waals surface area contributed by atoms with Crippen LogP contribution >= 0.6 is 0 Å². The van der Waals surface area contributed by atoms with Gasteiger partial charge in [0.05, 0.1) is 0 Å². The summed E-state index contributed by atoms with van der Waals surface area (Å²) in [6.45, 7) is 0. The number of halogens is 10. The first-order valence-electron chi connectivity index (χ1n) is 5.04. The van der Waals surface area contributed by atoms with Gasteiger partial charge in [-0.25, -0.2) is 14.8 Å². The molecule has 0 atom stereocenters. The molecule has 0 radical (unpaired) electrons. The molecule has 1 aromatic heterocycles.